The van der Waals surface area contributed by atoms with Crippen LogP contribution in [0, 0.1) is 0 Å². The molecule has 0 aliphatic heterocycles. The molecule has 0 saturated heterocycles. The van der Waals surface area contributed by atoms with Crippen LogP contribution in [0.3, 0.4) is 0 Å². The third-order valence-corrected chi connectivity index (χ3v) is 2.26. The molecular weight excluding hydrogens is 168 g/mol. The van der Waals surface area contributed by atoms with Crippen molar-refractivity contribution in [1.29, 1.82) is 0 Å². The van der Waals surface area contributed by atoms with Gasteiger partial charge in [-0.25, -0.2) is 0 Å². The Hall–Kier alpha value is -0.780. The Kier molecular flexibility index (Phi) is 8.52. The molecule has 0 spiro atoms. The third-order valence-electron chi connectivity index (χ3n) is 2.26. The summed E-state index contributed by atoms with van der Waals surface area (Å²) in [6.45, 7) is 13.0. The number of allylic oxidation sites excluding steroid dienone is 6. The van der Waals surface area contributed by atoms with Gasteiger partial charge in [0.05, 0.1) is 0 Å². The molecule has 14 heavy (non-hydrogen) atoms. The first kappa shape index (κ1) is 15.7. The molecule has 0 heteroatoms. The van der Waals surface area contributed by atoms with Gasteiger partial charge in [-0.2, -0.15) is 0 Å². The van der Waals surface area contributed by atoms with Crippen LogP contribution in [-0.2, 0) is 0 Å². The van der Waals surface area contributed by atoms with Gasteiger partial charge in [-0.3, -0.25) is 0 Å². The minimum atomic E-state index is 0. The predicted octanol–water partition coefficient (Wildman–Crippen LogP) is 5.28. The number of rotatable bonds is 3. The van der Waals surface area contributed by atoms with Crippen LogP contribution in [0.5, 0.6) is 0 Å². The molecule has 0 bridgehead atoms. The Morgan fingerprint density at radius 3 is 1.79 bits per heavy atom. The van der Waals surface area contributed by atoms with Gasteiger partial charge in [-0.1, -0.05) is 48.8 Å². The van der Waals surface area contributed by atoms with E-state index < -0.39 is 0 Å². The second kappa shape index (κ2) is 7.61. The topological polar surface area (TPSA) is 0 Å². The first-order chi connectivity index (χ1) is 5.97. The summed E-state index contributed by atoms with van der Waals surface area (Å²) < 4.78 is 0. The van der Waals surface area contributed by atoms with E-state index in [0.717, 1.165) is 6.42 Å². The van der Waals surface area contributed by atoms with E-state index in [2.05, 4.69) is 53.7 Å². The molecule has 0 fully saturated rings. The van der Waals surface area contributed by atoms with Crippen molar-refractivity contribution >= 4 is 0 Å². The molecule has 0 unspecified atom stereocenters. The van der Waals surface area contributed by atoms with Crippen LogP contribution >= 0.6 is 0 Å². The zero-order chi connectivity index (χ0) is 10.4. The maximum absolute atomic E-state index is 2.26. The summed E-state index contributed by atoms with van der Waals surface area (Å²) >= 11 is 0. The summed E-state index contributed by atoms with van der Waals surface area (Å²) in [6, 6.07) is 0. The van der Waals surface area contributed by atoms with Gasteiger partial charge in [0.1, 0.15) is 0 Å². The molecule has 0 N–H and O–H groups in total. The molecule has 0 amide bonds. The SMILES string of the molecule is C.CC/C(C)=C/C(C)=C\C(C)=C(C)C. The van der Waals surface area contributed by atoms with Crippen LogP contribution in [0.1, 0.15) is 55.4 Å². The average Bonchev–Trinajstić information content (AvgIpc) is 2.03. The van der Waals surface area contributed by atoms with E-state index >= 15 is 0 Å². The third kappa shape index (κ3) is 6.71. The summed E-state index contributed by atoms with van der Waals surface area (Å²) in [5.41, 5.74) is 5.55. The first-order valence-corrected chi connectivity index (χ1v) is 4.97. The van der Waals surface area contributed by atoms with Crippen LogP contribution in [0.4, 0.5) is 0 Å². The van der Waals surface area contributed by atoms with E-state index in [1.165, 1.54) is 22.3 Å². The maximum Gasteiger partial charge on any atom is -0.0348 e. The molecule has 0 saturated carbocycles. The molecular formula is C14H26. The first-order valence-electron chi connectivity index (χ1n) is 4.97. The van der Waals surface area contributed by atoms with E-state index in [4.69, 9.17) is 0 Å². The highest BCUT2D eigenvalue weighted by Gasteiger charge is 1.89. The van der Waals surface area contributed by atoms with Gasteiger partial charge in [0.2, 0.25) is 0 Å². The summed E-state index contributed by atoms with van der Waals surface area (Å²) in [5.74, 6) is 0. The molecule has 0 aliphatic carbocycles. The Morgan fingerprint density at radius 2 is 1.43 bits per heavy atom. The zero-order valence-electron chi connectivity index (χ0n) is 9.86. The molecule has 0 aromatic rings. The van der Waals surface area contributed by atoms with E-state index in [-0.39, 0.29) is 7.43 Å². The molecule has 0 heterocycles. The largest absolute Gasteiger partial charge is 0.0776 e. The second-order valence-corrected chi connectivity index (χ2v) is 3.92. The summed E-state index contributed by atoms with van der Waals surface area (Å²) in [4.78, 5) is 0. The molecule has 0 radical (unpaired) electrons. The quantitative estimate of drug-likeness (QED) is 0.536. The van der Waals surface area contributed by atoms with Crippen molar-refractivity contribution in [2.45, 2.75) is 55.4 Å². The van der Waals surface area contributed by atoms with Crippen molar-refractivity contribution in [2.75, 3.05) is 0 Å². The Labute approximate surface area is 90.4 Å². The lowest BCUT2D eigenvalue weighted by Crippen LogP contribution is -1.79. The fraction of sp³-hybridized carbons (Fsp3) is 0.571. The Balaban J connectivity index is 0. The van der Waals surface area contributed by atoms with Crippen molar-refractivity contribution in [3.63, 3.8) is 0 Å². The minimum absolute atomic E-state index is 0. The second-order valence-electron chi connectivity index (χ2n) is 3.92. The van der Waals surface area contributed by atoms with E-state index in [1.807, 2.05) is 0 Å². The van der Waals surface area contributed by atoms with Gasteiger partial charge >= 0.3 is 0 Å². The monoisotopic (exact) mass is 194 g/mol. The van der Waals surface area contributed by atoms with Crippen molar-refractivity contribution in [3.8, 4) is 0 Å². The van der Waals surface area contributed by atoms with Crippen LogP contribution < -0.4 is 0 Å². The molecule has 0 aromatic heterocycles. The van der Waals surface area contributed by atoms with Crippen molar-refractivity contribution < 1.29 is 0 Å². The van der Waals surface area contributed by atoms with Crippen LogP contribution in [0.15, 0.2) is 34.4 Å². The van der Waals surface area contributed by atoms with Gasteiger partial charge in [-0.05, 0) is 41.0 Å². The van der Waals surface area contributed by atoms with E-state index in [9.17, 15) is 0 Å². The predicted molar refractivity (Wildman–Crippen MR) is 68.6 cm³/mol. The molecule has 0 nitrogen and oxygen atoms in total. The lowest BCUT2D eigenvalue weighted by molar-refractivity contribution is 1.09. The fourth-order valence-electron chi connectivity index (χ4n) is 1.02. The van der Waals surface area contributed by atoms with Crippen molar-refractivity contribution in [1.82, 2.24) is 0 Å². The van der Waals surface area contributed by atoms with Crippen molar-refractivity contribution in [2.24, 2.45) is 0 Å². The molecule has 0 aromatic carbocycles. The van der Waals surface area contributed by atoms with Gasteiger partial charge in [-0.15, -0.1) is 0 Å². The lowest BCUT2D eigenvalue weighted by atomic mass is 10.1. The molecule has 0 atom stereocenters. The molecule has 0 aliphatic rings. The number of hydrogen-bond donors (Lipinski definition) is 0. The van der Waals surface area contributed by atoms with Gasteiger partial charge in [0.15, 0.2) is 0 Å². The van der Waals surface area contributed by atoms with E-state index in [1.54, 1.807) is 0 Å². The van der Waals surface area contributed by atoms with Gasteiger partial charge in [0, 0.05) is 0 Å². The van der Waals surface area contributed by atoms with E-state index in [0.29, 0.717) is 0 Å². The number of hydrogen-bond acceptors (Lipinski definition) is 0. The summed E-state index contributed by atoms with van der Waals surface area (Å²) in [6.07, 6.45) is 5.64. The summed E-state index contributed by atoms with van der Waals surface area (Å²) in [7, 11) is 0. The zero-order valence-corrected chi connectivity index (χ0v) is 9.86. The highest BCUT2D eigenvalue weighted by atomic mass is 14.0. The Bertz CT molecular complexity index is 245. The standard InChI is InChI=1S/C13H22.CH4/c1-7-11(4)8-12(5)9-13(6)10(2)3;/h8-9H,7H2,1-6H3;1H4/b11-8+,12-9-;. The normalized spacial score (nSPS) is 12.1. The summed E-state index contributed by atoms with van der Waals surface area (Å²) in [5, 5.41) is 0. The lowest BCUT2D eigenvalue weighted by Gasteiger charge is -1.99. The molecule has 0 rings (SSSR count). The highest BCUT2D eigenvalue weighted by molar-refractivity contribution is 5.31. The average molecular weight is 194 g/mol. The van der Waals surface area contributed by atoms with Gasteiger partial charge < -0.3 is 0 Å². The highest BCUT2D eigenvalue weighted by Crippen LogP contribution is 2.10. The van der Waals surface area contributed by atoms with Gasteiger partial charge in [0.25, 0.3) is 0 Å². The Morgan fingerprint density at radius 1 is 0.929 bits per heavy atom. The fourth-order valence-corrected chi connectivity index (χ4v) is 1.02. The van der Waals surface area contributed by atoms with Crippen LogP contribution in [0.25, 0.3) is 0 Å². The maximum atomic E-state index is 2.26. The van der Waals surface area contributed by atoms with Crippen LogP contribution in [0.2, 0.25) is 0 Å². The smallest absolute Gasteiger partial charge is 0.0348 e. The van der Waals surface area contributed by atoms with Crippen molar-refractivity contribution in [3.05, 3.63) is 34.4 Å². The van der Waals surface area contributed by atoms with Crippen LogP contribution in [-0.4, -0.2) is 0 Å². The minimum Gasteiger partial charge on any atom is -0.0776 e. The molecule has 82 valence electrons.